The molecule has 6 nitrogen and oxygen atoms in total. The normalized spacial score (nSPS) is 9.20. The predicted molar refractivity (Wildman–Crippen MR) is 31.2 cm³/mol. The molecule has 52 valence electrons. The van der Waals surface area contributed by atoms with Gasteiger partial charge in [-0.1, -0.05) is 0 Å². The predicted octanol–water partition coefficient (Wildman–Crippen LogP) is -0.848. The minimum Gasteiger partial charge on any atom is -0.475 e. The van der Waals surface area contributed by atoms with E-state index in [1.165, 1.54) is 0 Å². The molecule has 1 aromatic heterocycles. The molecule has 3 N–H and O–H groups in total. The smallest absolute Gasteiger partial charge is 0.374 e. The quantitative estimate of drug-likeness (QED) is 0.526. The highest BCUT2D eigenvalue weighted by atomic mass is 16.4. The van der Waals surface area contributed by atoms with Crippen molar-refractivity contribution in [2.75, 3.05) is 5.73 Å². The summed E-state index contributed by atoms with van der Waals surface area (Å²) in [6.07, 6.45) is 1.05. The Labute approximate surface area is 55.8 Å². The number of aromatic nitrogens is 3. The third kappa shape index (κ3) is 1.16. The summed E-state index contributed by atoms with van der Waals surface area (Å²) in [7, 11) is 0. The second kappa shape index (κ2) is 2.26. The highest BCUT2D eigenvalue weighted by Gasteiger charge is 2.04. The second-order valence-electron chi connectivity index (χ2n) is 1.47. The van der Waals surface area contributed by atoms with E-state index in [-0.39, 0.29) is 11.8 Å². The molecule has 0 saturated heterocycles. The monoisotopic (exact) mass is 140 g/mol. The molecule has 0 radical (unpaired) electrons. The number of hydrogen-bond acceptors (Lipinski definition) is 5. The van der Waals surface area contributed by atoms with Crippen molar-refractivity contribution < 1.29 is 9.90 Å². The number of nitrogens with two attached hydrogens (primary N) is 1. The SMILES string of the molecule is Nc1ncnc(C(=O)O)n1. The van der Waals surface area contributed by atoms with Crippen molar-refractivity contribution in [3.63, 3.8) is 0 Å². The molecule has 0 aliphatic heterocycles. The van der Waals surface area contributed by atoms with Crippen LogP contribution in [0.25, 0.3) is 0 Å². The van der Waals surface area contributed by atoms with Crippen LogP contribution in [0.4, 0.5) is 5.95 Å². The molecule has 0 spiro atoms. The first-order chi connectivity index (χ1) is 4.70. The zero-order chi connectivity index (χ0) is 7.56. The second-order valence-corrected chi connectivity index (χ2v) is 1.47. The molecule has 6 heteroatoms. The number of hydrogen-bond donors (Lipinski definition) is 2. The number of aromatic carboxylic acids is 1. The van der Waals surface area contributed by atoms with Gasteiger partial charge in [0, 0.05) is 0 Å². The van der Waals surface area contributed by atoms with E-state index >= 15 is 0 Å². The summed E-state index contributed by atoms with van der Waals surface area (Å²) in [5, 5.41) is 8.30. The number of nitrogen functional groups attached to an aromatic ring is 1. The van der Waals surface area contributed by atoms with E-state index in [0.717, 1.165) is 6.33 Å². The van der Waals surface area contributed by atoms with Crippen molar-refractivity contribution >= 4 is 11.9 Å². The first kappa shape index (κ1) is 6.40. The fraction of sp³-hybridized carbons (Fsp3) is 0. The van der Waals surface area contributed by atoms with Gasteiger partial charge in [0.25, 0.3) is 0 Å². The first-order valence-corrected chi connectivity index (χ1v) is 2.38. The maximum atomic E-state index is 10.1. The lowest BCUT2D eigenvalue weighted by atomic mass is 10.6. The Bertz CT molecular complexity index is 261. The fourth-order valence-electron chi connectivity index (χ4n) is 0.412. The average molecular weight is 140 g/mol. The van der Waals surface area contributed by atoms with Gasteiger partial charge in [0.05, 0.1) is 0 Å². The van der Waals surface area contributed by atoms with Crippen molar-refractivity contribution in [1.29, 1.82) is 0 Å². The van der Waals surface area contributed by atoms with Crippen molar-refractivity contribution in [2.45, 2.75) is 0 Å². The third-order valence-corrected chi connectivity index (χ3v) is 0.782. The van der Waals surface area contributed by atoms with Crippen LogP contribution >= 0.6 is 0 Å². The molecule has 0 aliphatic rings. The van der Waals surface area contributed by atoms with Crippen molar-refractivity contribution in [1.82, 2.24) is 15.0 Å². The maximum Gasteiger partial charge on any atom is 0.374 e. The van der Waals surface area contributed by atoms with Crippen LogP contribution in [0.5, 0.6) is 0 Å². The summed E-state index contributed by atoms with van der Waals surface area (Å²) < 4.78 is 0. The summed E-state index contributed by atoms with van der Waals surface area (Å²) in [5.74, 6) is -1.64. The lowest BCUT2D eigenvalue weighted by molar-refractivity contribution is 0.0683. The van der Waals surface area contributed by atoms with Gasteiger partial charge >= 0.3 is 5.97 Å². The Kier molecular flexibility index (Phi) is 1.44. The summed E-state index contributed by atoms with van der Waals surface area (Å²) in [5.41, 5.74) is 5.07. The van der Waals surface area contributed by atoms with E-state index in [1.54, 1.807) is 0 Å². The summed E-state index contributed by atoms with van der Waals surface area (Å²) in [4.78, 5) is 20.2. The minimum absolute atomic E-state index is 0.0904. The maximum absolute atomic E-state index is 10.1. The van der Waals surface area contributed by atoms with Gasteiger partial charge in [-0.25, -0.2) is 14.8 Å². The standard InChI is InChI=1S/C4H4N4O2/c5-4-7-1-6-2(8-4)3(9)10/h1H,(H,9,10)(H2,5,6,7,8). The molecule has 0 aliphatic carbocycles. The van der Waals surface area contributed by atoms with Crippen molar-refractivity contribution in [3.05, 3.63) is 12.2 Å². The lowest BCUT2D eigenvalue weighted by Crippen LogP contribution is -2.07. The van der Waals surface area contributed by atoms with Crippen LogP contribution in [-0.4, -0.2) is 26.0 Å². The Balaban J connectivity index is 3.07. The van der Waals surface area contributed by atoms with Gasteiger partial charge in [-0.05, 0) is 0 Å². The van der Waals surface area contributed by atoms with Crippen LogP contribution in [0.15, 0.2) is 6.33 Å². The highest BCUT2D eigenvalue weighted by molar-refractivity contribution is 5.83. The van der Waals surface area contributed by atoms with Gasteiger partial charge in [-0.15, -0.1) is 0 Å². The van der Waals surface area contributed by atoms with Crippen molar-refractivity contribution in [2.24, 2.45) is 0 Å². The molecule has 0 aromatic carbocycles. The van der Waals surface area contributed by atoms with E-state index < -0.39 is 5.97 Å². The first-order valence-electron chi connectivity index (χ1n) is 2.38. The number of carboxylic acids is 1. The number of anilines is 1. The Morgan fingerprint density at radius 3 is 2.70 bits per heavy atom. The largest absolute Gasteiger partial charge is 0.475 e. The molecular formula is C4H4N4O2. The molecule has 0 unspecified atom stereocenters. The average Bonchev–Trinajstić information content (AvgIpc) is 1.88. The minimum atomic E-state index is -1.21. The molecule has 0 saturated carbocycles. The Morgan fingerprint density at radius 2 is 2.30 bits per heavy atom. The van der Waals surface area contributed by atoms with E-state index in [4.69, 9.17) is 10.8 Å². The molecule has 0 fully saturated rings. The number of rotatable bonds is 1. The van der Waals surface area contributed by atoms with Gasteiger partial charge in [-0.3, -0.25) is 0 Å². The Hall–Kier alpha value is -1.72. The van der Waals surface area contributed by atoms with Gasteiger partial charge in [0.2, 0.25) is 11.8 Å². The van der Waals surface area contributed by atoms with Crippen LogP contribution < -0.4 is 5.73 Å². The van der Waals surface area contributed by atoms with E-state index in [2.05, 4.69) is 15.0 Å². The number of carbonyl (C=O) groups is 1. The van der Waals surface area contributed by atoms with Crippen LogP contribution in [0.2, 0.25) is 0 Å². The highest BCUT2D eigenvalue weighted by Crippen LogP contribution is 1.89. The molecule has 0 bridgehead atoms. The zero-order valence-corrected chi connectivity index (χ0v) is 4.85. The van der Waals surface area contributed by atoms with Gasteiger partial charge in [0.15, 0.2) is 0 Å². The van der Waals surface area contributed by atoms with Crippen LogP contribution in [-0.2, 0) is 0 Å². The zero-order valence-electron chi connectivity index (χ0n) is 4.85. The number of nitrogens with zero attached hydrogens (tertiary/aromatic N) is 3. The molecule has 10 heavy (non-hydrogen) atoms. The van der Waals surface area contributed by atoms with E-state index in [9.17, 15) is 4.79 Å². The Morgan fingerprint density at radius 1 is 1.60 bits per heavy atom. The van der Waals surface area contributed by atoms with E-state index in [1.807, 2.05) is 0 Å². The molecular weight excluding hydrogens is 136 g/mol. The lowest BCUT2D eigenvalue weighted by Gasteiger charge is -1.90. The number of carboxylic acid groups (broad SMARTS) is 1. The van der Waals surface area contributed by atoms with Crippen LogP contribution in [0.1, 0.15) is 10.6 Å². The van der Waals surface area contributed by atoms with E-state index in [0.29, 0.717) is 0 Å². The van der Waals surface area contributed by atoms with Gasteiger partial charge < -0.3 is 10.8 Å². The van der Waals surface area contributed by atoms with Crippen LogP contribution in [0, 0.1) is 0 Å². The van der Waals surface area contributed by atoms with Gasteiger partial charge in [0.1, 0.15) is 6.33 Å². The summed E-state index contributed by atoms with van der Waals surface area (Å²) >= 11 is 0. The molecule has 0 atom stereocenters. The molecule has 1 rings (SSSR count). The third-order valence-electron chi connectivity index (χ3n) is 0.782. The topological polar surface area (TPSA) is 102 Å². The fourth-order valence-corrected chi connectivity index (χ4v) is 0.412. The molecule has 1 heterocycles. The summed E-state index contributed by atoms with van der Waals surface area (Å²) in [6, 6.07) is 0. The van der Waals surface area contributed by atoms with Crippen molar-refractivity contribution in [3.8, 4) is 0 Å². The van der Waals surface area contributed by atoms with Gasteiger partial charge in [-0.2, -0.15) is 4.98 Å². The van der Waals surface area contributed by atoms with Crippen LogP contribution in [0.3, 0.4) is 0 Å². The molecule has 1 aromatic rings. The summed E-state index contributed by atoms with van der Waals surface area (Å²) in [6.45, 7) is 0. The molecule has 0 amide bonds.